The van der Waals surface area contributed by atoms with E-state index >= 15 is 0 Å². The number of hydrogen-bond acceptors (Lipinski definition) is 3. The predicted molar refractivity (Wildman–Crippen MR) is 49.3 cm³/mol. The SMILES string of the molecule is CCCC1CN(S(N)(=O)=O)CCO1. The molecule has 0 radical (unpaired) electrons. The number of hydrogen-bond donors (Lipinski definition) is 1. The third-order valence-corrected chi connectivity index (χ3v) is 3.12. The number of ether oxygens (including phenoxy) is 1. The van der Waals surface area contributed by atoms with Gasteiger partial charge in [-0.05, 0) is 6.42 Å². The maximum Gasteiger partial charge on any atom is 0.277 e. The summed E-state index contributed by atoms with van der Waals surface area (Å²) in [7, 11) is -3.52. The van der Waals surface area contributed by atoms with Crippen LogP contribution in [0.25, 0.3) is 0 Å². The summed E-state index contributed by atoms with van der Waals surface area (Å²) in [4.78, 5) is 0. The monoisotopic (exact) mass is 208 g/mol. The molecule has 1 aliphatic heterocycles. The summed E-state index contributed by atoms with van der Waals surface area (Å²) in [5.74, 6) is 0. The standard InChI is InChI=1S/C7H16N2O3S/c1-2-3-7-6-9(4-5-12-7)13(8,10)11/h7H,2-6H2,1H3,(H2,8,10,11). The van der Waals surface area contributed by atoms with Gasteiger partial charge in [-0.25, -0.2) is 5.14 Å². The Morgan fingerprint density at radius 2 is 2.31 bits per heavy atom. The van der Waals surface area contributed by atoms with Crippen LogP contribution in [0, 0.1) is 0 Å². The summed E-state index contributed by atoms with van der Waals surface area (Å²) < 4.78 is 28.6. The van der Waals surface area contributed by atoms with Gasteiger partial charge < -0.3 is 4.74 Å². The van der Waals surface area contributed by atoms with E-state index in [1.807, 2.05) is 6.92 Å². The predicted octanol–water partition coefficient (Wildman–Crippen LogP) is -0.309. The summed E-state index contributed by atoms with van der Waals surface area (Å²) in [5.41, 5.74) is 0. The van der Waals surface area contributed by atoms with E-state index in [4.69, 9.17) is 9.88 Å². The molecule has 1 fully saturated rings. The van der Waals surface area contributed by atoms with Crippen LogP contribution >= 0.6 is 0 Å². The number of nitrogens with zero attached hydrogens (tertiary/aromatic N) is 1. The Kier molecular flexibility index (Phi) is 3.66. The highest BCUT2D eigenvalue weighted by Gasteiger charge is 2.26. The van der Waals surface area contributed by atoms with Crippen LogP contribution in [0.15, 0.2) is 0 Å². The van der Waals surface area contributed by atoms with Crippen molar-refractivity contribution >= 4 is 10.2 Å². The Balaban J connectivity index is 2.52. The van der Waals surface area contributed by atoms with Gasteiger partial charge in [-0.15, -0.1) is 0 Å². The third kappa shape index (κ3) is 3.22. The second-order valence-corrected chi connectivity index (χ2v) is 4.73. The number of rotatable bonds is 3. The molecule has 0 bridgehead atoms. The molecule has 1 aliphatic rings. The smallest absolute Gasteiger partial charge is 0.277 e. The molecule has 0 amide bonds. The summed E-state index contributed by atoms with van der Waals surface area (Å²) in [6.07, 6.45) is 1.88. The van der Waals surface area contributed by atoms with Gasteiger partial charge in [0.05, 0.1) is 12.7 Å². The van der Waals surface area contributed by atoms with Gasteiger partial charge in [0.25, 0.3) is 10.2 Å². The first-order valence-corrected chi connectivity index (χ1v) is 5.94. The van der Waals surface area contributed by atoms with Crippen LogP contribution in [0.4, 0.5) is 0 Å². The van der Waals surface area contributed by atoms with E-state index in [9.17, 15) is 8.42 Å². The topological polar surface area (TPSA) is 72.6 Å². The molecule has 0 saturated carbocycles. The molecule has 5 nitrogen and oxygen atoms in total. The molecule has 1 saturated heterocycles. The lowest BCUT2D eigenvalue weighted by molar-refractivity contribution is -0.00579. The number of nitrogens with two attached hydrogens (primary N) is 1. The molecule has 78 valence electrons. The van der Waals surface area contributed by atoms with Crippen LogP contribution in [0.1, 0.15) is 19.8 Å². The summed E-state index contributed by atoms with van der Waals surface area (Å²) in [6, 6.07) is 0. The first-order chi connectivity index (χ1) is 6.04. The van der Waals surface area contributed by atoms with Crippen molar-refractivity contribution in [3.8, 4) is 0 Å². The fourth-order valence-corrected chi connectivity index (χ4v) is 2.12. The molecule has 1 unspecified atom stereocenters. The Labute approximate surface area is 79.0 Å². The zero-order valence-corrected chi connectivity index (χ0v) is 8.59. The van der Waals surface area contributed by atoms with Crippen LogP contribution < -0.4 is 5.14 Å². The van der Waals surface area contributed by atoms with Crippen molar-refractivity contribution < 1.29 is 13.2 Å². The van der Waals surface area contributed by atoms with Gasteiger partial charge in [0.1, 0.15) is 0 Å². The Hall–Kier alpha value is -0.170. The molecule has 0 aliphatic carbocycles. The lowest BCUT2D eigenvalue weighted by Crippen LogP contribution is -2.48. The fraction of sp³-hybridized carbons (Fsp3) is 1.00. The van der Waals surface area contributed by atoms with Crippen molar-refractivity contribution in [1.29, 1.82) is 0 Å². The molecule has 2 N–H and O–H groups in total. The van der Waals surface area contributed by atoms with E-state index < -0.39 is 10.2 Å². The van der Waals surface area contributed by atoms with Gasteiger partial charge in [0.2, 0.25) is 0 Å². The van der Waals surface area contributed by atoms with E-state index in [-0.39, 0.29) is 6.10 Å². The largest absolute Gasteiger partial charge is 0.375 e. The molecule has 1 rings (SSSR count). The first-order valence-electron chi connectivity index (χ1n) is 4.43. The number of morpholine rings is 1. The molecule has 1 atom stereocenters. The minimum absolute atomic E-state index is 0.0112. The van der Waals surface area contributed by atoms with Gasteiger partial charge in [-0.2, -0.15) is 12.7 Å². The van der Waals surface area contributed by atoms with E-state index in [1.165, 1.54) is 4.31 Å². The molecule has 0 aromatic rings. The Bertz CT molecular complexity index is 250. The van der Waals surface area contributed by atoms with Gasteiger partial charge in [-0.3, -0.25) is 0 Å². The molecule has 1 heterocycles. The highest BCUT2D eigenvalue weighted by atomic mass is 32.2. The lowest BCUT2D eigenvalue weighted by atomic mass is 10.2. The third-order valence-electron chi connectivity index (χ3n) is 2.07. The van der Waals surface area contributed by atoms with Crippen molar-refractivity contribution in [1.82, 2.24) is 4.31 Å². The average Bonchev–Trinajstić information content (AvgIpc) is 2.04. The molecule has 0 aromatic heterocycles. The molecule has 6 heteroatoms. The van der Waals surface area contributed by atoms with Crippen molar-refractivity contribution in [2.75, 3.05) is 19.7 Å². The van der Waals surface area contributed by atoms with Gasteiger partial charge >= 0.3 is 0 Å². The molecular weight excluding hydrogens is 192 g/mol. The lowest BCUT2D eigenvalue weighted by Gasteiger charge is -2.30. The highest BCUT2D eigenvalue weighted by molar-refractivity contribution is 7.86. The van der Waals surface area contributed by atoms with Crippen LogP contribution in [-0.2, 0) is 14.9 Å². The van der Waals surface area contributed by atoms with Crippen LogP contribution in [0.3, 0.4) is 0 Å². The first kappa shape index (κ1) is 10.9. The van der Waals surface area contributed by atoms with Gasteiger partial charge in [0.15, 0.2) is 0 Å². The Morgan fingerprint density at radius 1 is 1.62 bits per heavy atom. The average molecular weight is 208 g/mol. The van der Waals surface area contributed by atoms with Crippen molar-refractivity contribution in [3.63, 3.8) is 0 Å². The maximum absolute atomic E-state index is 11.0. The second kappa shape index (κ2) is 4.36. The summed E-state index contributed by atoms with van der Waals surface area (Å²) in [5, 5.41) is 5.01. The molecular formula is C7H16N2O3S. The maximum atomic E-state index is 11.0. The van der Waals surface area contributed by atoms with E-state index in [0.29, 0.717) is 19.7 Å². The zero-order chi connectivity index (χ0) is 9.90. The van der Waals surface area contributed by atoms with E-state index in [1.54, 1.807) is 0 Å². The minimum Gasteiger partial charge on any atom is -0.375 e. The van der Waals surface area contributed by atoms with Crippen molar-refractivity contribution in [2.24, 2.45) is 5.14 Å². The Morgan fingerprint density at radius 3 is 2.85 bits per heavy atom. The van der Waals surface area contributed by atoms with Crippen molar-refractivity contribution in [2.45, 2.75) is 25.9 Å². The molecule has 0 spiro atoms. The quantitative estimate of drug-likeness (QED) is 0.691. The van der Waals surface area contributed by atoms with E-state index in [2.05, 4.69) is 0 Å². The minimum atomic E-state index is -3.52. The summed E-state index contributed by atoms with van der Waals surface area (Å²) >= 11 is 0. The summed E-state index contributed by atoms with van der Waals surface area (Å²) in [6.45, 7) is 3.26. The molecule has 13 heavy (non-hydrogen) atoms. The fourth-order valence-electron chi connectivity index (χ4n) is 1.42. The van der Waals surface area contributed by atoms with E-state index in [0.717, 1.165) is 12.8 Å². The van der Waals surface area contributed by atoms with Crippen LogP contribution in [0.5, 0.6) is 0 Å². The van der Waals surface area contributed by atoms with Crippen molar-refractivity contribution in [3.05, 3.63) is 0 Å². The van der Waals surface area contributed by atoms with Gasteiger partial charge in [0, 0.05) is 13.1 Å². The zero-order valence-electron chi connectivity index (χ0n) is 7.77. The normalized spacial score (nSPS) is 26.2. The second-order valence-electron chi connectivity index (χ2n) is 3.18. The van der Waals surface area contributed by atoms with Gasteiger partial charge in [-0.1, -0.05) is 13.3 Å². The highest BCUT2D eigenvalue weighted by Crippen LogP contribution is 2.11. The van der Waals surface area contributed by atoms with Crippen LogP contribution in [-0.4, -0.2) is 38.5 Å². The molecule has 0 aromatic carbocycles. The van der Waals surface area contributed by atoms with Crippen LogP contribution in [0.2, 0.25) is 0 Å².